The van der Waals surface area contributed by atoms with E-state index in [1.54, 1.807) is 0 Å². The first-order valence-electron chi connectivity index (χ1n) is 15.2. The Morgan fingerprint density at radius 1 is 1.05 bits per heavy atom. The summed E-state index contributed by atoms with van der Waals surface area (Å²) < 4.78 is 2.61. The van der Waals surface area contributed by atoms with Gasteiger partial charge in [-0.15, -0.1) is 11.3 Å². The summed E-state index contributed by atoms with van der Waals surface area (Å²) in [5.74, 6) is 0.547. The van der Waals surface area contributed by atoms with Crippen molar-refractivity contribution in [3.05, 3.63) is 64.5 Å². The van der Waals surface area contributed by atoms with E-state index in [1.807, 2.05) is 45.2 Å². The van der Waals surface area contributed by atoms with Crippen LogP contribution in [0, 0.1) is 17.3 Å². The molecule has 42 heavy (non-hydrogen) atoms. The molecule has 0 amide bonds. The van der Waals surface area contributed by atoms with E-state index in [0.29, 0.717) is 5.41 Å². The quantitative estimate of drug-likeness (QED) is 0.134. The van der Waals surface area contributed by atoms with E-state index in [4.69, 9.17) is 10.2 Å². The Bertz CT molecular complexity index is 1420. The normalized spacial score (nSPS) is 14.0. The zero-order valence-corrected chi connectivity index (χ0v) is 30.4. The molecule has 1 aromatic carbocycles. The van der Waals surface area contributed by atoms with Crippen LogP contribution < -0.4 is 5.59 Å². The Labute approximate surface area is 271 Å². The van der Waals surface area contributed by atoms with E-state index in [9.17, 15) is 9.90 Å². The smallest absolute Gasteiger partial charge is 0.207 e. The summed E-state index contributed by atoms with van der Waals surface area (Å²) in [5.41, 5.74) is 5.09. The minimum absolute atomic E-state index is 0. The van der Waals surface area contributed by atoms with Gasteiger partial charge in [0.25, 0.3) is 0 Å². The number of ketones is 1. The van der Waals surface area contributed by atoms with Crippen molar-refractivity contribution in [1.82, 2.24) is 9.79 Å². The van der Waals surface area contributed by atoms with Gasteiger partial charge in [0.1, 0.15) is 0 Å². The SMILES string of the molecule is CC1=C(C)N(C)B(c2nccc3c2sc2cc(CC(C)(C)C)ccc23)[N-]1.CCC(CC)C(=O)/C=C(\O)C(CC)CC.[Ir]. The van der Waals surface area contributed by atoms with Gasteiger partial charge in [0.05, 0.1) is 5.76 Å². The number of aromatic nitrogens is 1. The number of benzene rings is 1. The van der Waals surface area contributed by atoms with E-state index in [0.717, 1.165) is 43.4 Å². The standard InChI is InChI=1S/C21H25BN3S.C13H24O2.Ir/c1-13-14(2)25(6)22(24-13)20-19-17(9-10-23-20)16-8-7-15(11-18(16)26-19)12-21(3,4)5;1-5-10(6-2)12(14)9-13(15)11(7-3)8-4;/h7-11H,12H2,1-6H3;9-11,14H,5-8H2,1-4H3;/q-1;;/b;12-9-;. The third kappa shape index (κ3) is 8.48. The van der Waals surface area contributed by atoms with Gasteiger partial charge in [-0.25, -0.2) is 0 Å². The van der Waals surface area contributed by atoms with E-state index in [2.05, 4.69) is 70.7 Å². The van der Waals surface area contributed by atoms with Crippen LogP contribution >= 0.6 is 11.3 Å². The van der Waals surface area contributed by atoms with E-state index in [1.165, 1.54) is 37.5 Å². The van der Waals surface area contributed by atoms with Crippen LogP contribution in [0.25, 0.3) is 25.4 Å². The van der Waals surface area contributed by atoms with Gasteiger partial charge in [-0.1, -0.05) is 67.5 Å². The Morgan fingerprint density at radius 3 is 2.19 bits per heavy atom. The van der Waals surface area contributed by atoms with Crippen LogP contribution in [-0.2, 0) is 31.3 Å². The van der Waals surface area contributed by atoms with Crippen LogP contribution in [0.15, 0.2) is 53.7 Å². The maximum atomic E-state index is 11.7. The first-order chi connectivity index (χ1) is 19.3. The molecule has 1 aliphatic rings. The molecule has 2 aromatic heterocycles. The number of thiophene rings is 1. The first kappa shape index (κ1) is 36.0. The number of aliphatic hydroxyl groups excluding tert-OH is 1. The number of allylic oxidation sites excluding steroid dienone is 4. The maximum absolute atomic E-state index is 11.7. The summed E-state index contributed by atoms with van der Waals surface area (Å²) in [4.78, 5) is 18.7. The molecule has 0 saturated heterocycles. The third-order valence-electron chi connectivity index (χ3n) is 8.28. The average molecular weight is 767 g/mol. The van der Waals surface area contributed by atoms with Gasteiger partial charge in [-0.05, 0) is 74.9 Å². The fourth-order valence-corrected chi connectivity index (χ4v) is 6.77. The molecule has 0 fully saturated rings. The van der Waals surface area contributed by atoms with Gasteiger partial charge in [0, 0.05) is 70.0 Å². The molecule has 8 heteroatoms. The molecule has 3 heterocycles. The predicted octanol–water partition coefficient (Wildman–Crippen LogP) is 9.17. The van der Waals surface area contributed by atoms with Gasteiger partial charge < -0.3 is 15.1 Å². The Balaban J connectivity index is 0.000000334. The minimum atomic E-state index is -0.0131. The van der Waals surface area contributed by atoms with Crippen LogP contribution in [0.4, 0.5) is 0 Å². The van der Waals surface area contributed by atoms with E-state index >= 15 is 0 Å². The van der Waals surface area contributed by atoms with Crippen molar-refractivity contribution in [2.45, 2.75) is 94.4 Å². The predicted molar refractivity (Wildman–Crippen MR) is 179 cm³/mol. The van der Waals surface area contributed by atoms with Crippen LogP contribution in [-0.4, -0.2) is 34.7 Å². The van der Waals surface area contributed by atoms with Crippen molar-refractivity contribution in [2.75, 3.05) is 7.05 Å². The summed E-state index contributed by atoms with van der Waals surface area (Å²) in [5, 5.41) is 17.2. The average Bonchev–Trinajstić information content (AvgIpc) is 3.41. The summed E-state index contributed by atoms with van der Waals surface area (Å²) in [6.07, 6.45) is 7.92. The van der Waals surface area contributed by atoms with Gasteiger partial charge in [0.15, 0.2) is 5.78 Å². The topological polar surface area (TPSA) is 67.5 Å². The van der Waals surface area contributed by atoms with E-state index in [-0.39, 0.29) is 50.5 Å². The van der Waals surface area contributed by atoms with Crippen molar-refractivity contribution >= 4 is 49.9 Å². The number of fused-ring (bicyclic) bond motifs is 3. The number of hydrogen-bond acceptors (Lipinski definition) is 5. The fourth-order valence-electron chi connectivity index (χ4n) is 5.50. The first-order valence-corrected chi connectivity index (χ1v) is 16.0. The molecule has 3 aromatic rings. The van der Waals surface area contributed by atoms with Gasteiger partial charge >= 0.3 is 0 Å². The van der Waals surface area contributed by atoms with Crippen molar-refractivity contribution in [3.63, 3.8) is 0 Å². The van der Waals surface area contributed by atoms with Gasteiger partial charge in [-0.2, -0.15) is 5.70 Å². The maximum Gasteiger partial charge on any atom is 0.207 e. The fraction of sp³-hybridized carbons (Fsp3) is 0.529. The number of carbonyl (C=O) groups is 1. The Kier molecular flexibility index (Phi) is 13.3. The largest absolute Gasteiger partial charge is 0.686 e. The van der Waals surface area contributed by atoms with Crippen molar-refractivity contribution in [3.8, 4) is 0 Å². The molecular formula is C34H49BIrN3O2S-. The van der Waals surface area contributed by atoms with Gasteiger partial charge in [-0.3, -0.25) is 9.78 Å². The van der Waals surface area contributed by atoms with Crippen LogP contribution in [0.3, 0.4) is 0 Å². The summed E-state index contributed by atoms with van der Waals surface area (Å²) >= 11 is 1.85. The molecule has 0 bridgehead atoms. The van der Waals surface area contributed by atoms with Crippen LogP contribution in [0.5, 0.6) is 0 Å². The molecule has 1 radical (unpaired) electrons. The molecule has 0 spiro atoms. The molecule has 0 aliphatic carbocycles. The van der Waals surface area contributed by atoms with Crippen molar-refractivity contribution in [1.29, 1.82) is 0 Å². The molecule has 0 saturated carbocycles. The van der Waals surface area contributed by atoms with Crippen molar-refractivity contribution < 1.29 is 30.0 Å². The molecule has 0 unspecified atom stereocenters. The second-order valence-corrected chi connectivity index (χ2v) is 13.6. The number of aliphatic hydroxyl groups is 1. The summed E-state index contributed by atoms with van der Waals surface area (Å²) in [6.45, 7) is 19.1. The number of carbonyl (C=O) groups excluding carboxylic acids is 1. The van der Waals surface area contributed by atoms with Crippen LogP contribution in [0.1, 0.15) is 93.6 Å². The zero-order chi connectivity index (χ0) is 30.5. The number of hydrogen-bond donors (Lipinski definition) is 1. The molecule has 5 nitrogen and oxygen atoms in total. The number of rotatable bonds is 9. The molecule has 1 N–H and O–H groups in total. The number of nitrogens with zero attached hydrogens (tertiary/aromatic N) is 3. The van der Waals surface area contributed by atoms with Crippen molar-refractivity contribution in [2.24, 2.45) is 17.3 Å². The molecule has 4 rings (SSSR count). The summed E-state index contributed by atoms with van der Waals surface area (Å²) in [6, 6.07) is 9.06. The molecule has 0 atom stereocenters. The summed E-state index contributed by atoms with van der Waals surface area (Å²) in [7, 11) is 2.11. The molecule has 1 aliphatic heterocycles. The Morgan fingerprint density at radius 2 is 1.67 bits per heavy atom. The van der Waals surface area contributed by atoms with Gasteiger partial charge in [0.2, 0.25) is 6.98 Å². The zero-order valence-electron chi connectivity index (χ0n) is 27.2. The minimum Gasteiger partial charge on any atom is -0.686 e. The second-order valence-electron chi connectivity index (χ2n) is 12.5. The second kappa shape index (κ2) is 15.5. The monoisotopic (exact) mass is 767 g/mol. The van der Waals surface area contributed by atoms with Crippen LogP contribution in [0.2, 0.25) is 0 Å². The number of pyridine rings is 1. The molecular weight excluding hydrogens is 717 g/mol. The molecule has 231 valence electrons. The van der Waals surface area contributed by atoms with E-state index < -0.39 is 0 Å². The third-order valence-corrected chi connectivity index (χ3v) is 9.47. The Hall–Kier alpha value is -2.15.